The molecule has 1 fully saturated rings. The van der Waals surface area contributed by atoms with Crippen LogP contribution in [0.15, 0.2) is 16.5 Å². The minimum Gasteiger partial charge on any atom is -0.424 e. The molecule has 0 aliphatic carbocycles. The summed E-state index contributed by atoms with van der Waals surface area (Å²) in [6.45, 7) is 5.37. The van der Waals surface area contributed by atoms with Crippen LogP contribution in [-0.2, 0) is 4.74 Å². The fraction of sp³-hybridized carbons (Fsp3) is 0.417. The summed E-state index contributed by atoms with van der Waals surface area (Å²) >= 11 is 0. The van der Waals surface area contributed by atoms with E-state index in [-0.39, 0.29) is 5.54 Å². The topological polar surface area (TPSA) is 73.3 Å². The number of nitrogens with two attached hydrogens (primary N) is 1. The lowest BCUT2D eigenvalue weighted by atomic mass is 10.0. The summed E-state index contributed by atoms with van der Waals surface area (Å²) < 4.78 is 10.8. The second-order valence-electron chi connectivity index (χ2n) is 4.82. The molecule has 1 aliphatic rings. The van der Waals surface area contributed by atoms with Gasteiger partial charge in [0, 0.05) is 11.3 Å². The molecular weight excluding hydrogens is 218 g/mol. The van der Waals surface area contributed by atoms with Crippen LogP contribution in [0.5, 0.6) is 0 Å². The van der Waals surface area contributed by atoms with E-state index < -0.39 is 0 Å². The predicted octanol–water partition coefficient (Wildman–Crippen LogP) is 1.92. The van der Waals surface area contributed by atoms with Crippen molar-refractivity contribution < 1.29 is 9.15 Å². The number of nitrogens with one attached hydrogen (secondary N) is 1. The van der Waals surface area contributed by atoms with Crippen LogP contribution in [0, 0.1) is 6.92 Å². The number of nitrogen functional groups attached to an aromatic ring is 1. The van der Waals surface area contributed by atoms with Gasteiger partial charge in [-0.25, -0.2) is 0 Å². The zero-order valence-electron chi connectivity index (χ0n) is 9.91. The summed E-state index contributed by atoms with van der Waals surface area (Å²) in [5.41, 5.74) is 9.02. The molecule has 3 rings (SSSR count). The number of oxazole rings is 1. The average Bonchev–Trinajstić information content (AvgIpc) is 2.65. The summed E-state index contributed by atoms with van der Waals surface area (Å²) in [7, 11) is 0. The molecule has 0 atom stereocenters. The number of rotatable bonds is 2. The van der Waals surface area contributed by atoms with Gasteiger partial charge in [0.05, 0.1) is 18.8 Å². The number of hydrogen-bond donors (Lipinski definition) is 2. The first kappa shape index (κ1) is 10.4. The van der Waals surface area contributed by atoms with Crippen molar-refractivity contribution in [3.8, 4) is 0 Å². The second kappa shape index (κ2) is 3.37. The van der Waals surface area contributed by atoms with Crippen molar-refractivity contribution in [3.05, 3.63) is 17.7 Å². The summed E-state index contributed by atoms with van der Waals surface area (Å²) in [6, 6.07) is 4.20. The molecule has 2 aromatic rings. The third kappa shape index (κ3) is 1.63. The van der Waals surface area contributed by atoms with Gasteiger partial charge in [0.2, 0.25) is 0 Å². The Morgan fingerprint density at radius 1 is 1.41 bits per heavy atom. The molecule has 0 radical (unpaired) electrons. The van der Waals surface area contributed by atoms with E-state index in [1.54, 1.807) is 0 Å². The van der Waals surface area contributed by atoms with Gasteiger partial charge in [-0.3, -0.25) is 0 Å². The van der Waals surface area contributed by atoms with Gasteiger partial charge < -0.3 is 20.2 Å². The summed E-state index contributed by atoms with van der Waals surface area (Å²) in [5, 5.41) is 3.25. The van der Waals surface area contributed by atoms with E-state index in [2.05, 4.69) is 17.2 Å². The Morgan fingerprint density at radius 3 is 2.82 bits per heavy atom. The Kier molecular flexibility index (Phi) is 2.06. The van der Waals surface area contributed by atoms with Crippen LogP contribution in [0.3, 0.4) is 0 Å². The monoisotopic (exact) mass is 233 g/mol. The summed E-state index contributed by atoms with van der Waals surface area (Å²) in [5.74, 6) is 0. The molecule has 5 nitrogen and oxygen atoms in total. The molecule has 3 N–H and O–H groups in total. The molecule has 90 valence electrons. The third-order valence-corrected chi connectivity index (χ3v) is 3.11. The normalized spacial score (nSPS) is 18.0. The molecule has 5 heteroatoms. The van der Waals surface area contributed by atoms with Gasteiger partial charge in [0.15, 0.2) is 5.58 Å². The molecule has 1 saturated heterocycles. The van der Waals surface area contributed by atoms with E-state index in [4.69, 9.17) is 14.9 Å². The molecule has 0 spiro atoms. The van der Waals surface area contributed by atoms with Gasteiger partial charge in [-0.2, -0.15) is 4.98 Å². The van der Waals surface area contributed by atoms with Crippen LogP contribution < -0.4 is 11.1 Å². The van der Waals surface area contributed by atoms with Crippen molar-refractivity contribution in [1.29, 1.82) is 0 Å². The average molecular weight is 233 g/mol. The molecule has 0 unspecified atom stereocenters. The van der Waals surface area contributed by atoms with Crippen molar-refractivity contribution in [2.24, 2.45) is 0 Å². The molecule has 1 aromatic carbocycles. The van der Waals surface area contributed by atoms with Gasteiger partial charge in [-0.1, -0.05) is 0 Å². The van der Waals surface area contributed by atoms with Crippen LogP contribution in [0.25, 0.3) is 11.1 Å². The first-order valence-electron chi connectivity index (χ1n) is 5.59. The summed E-state index contributed by atoms with van der Waals surface area (Å²) in [4.78, 5) is 4.43. The summed E-state index contributed by atoms with van der Waals surface area (Å²) in [6.07, 6.45) is 0. The number of aromatic nitrogens is 1. The Labute approximate surface area is 98.9 Å². The highest BCUT2D eigenvalue weighted by atomic mass is 16.5. The van der Waals surface area contributed by atoms with E-state index in [1.165, 1.54) is 0 Å². The Balaban J connectivity index is 1.99. The minimum absolute atomic E-state index is 0.0691. The molecule has 2 heterocycles. The van der Waals surface area contributed by atoms with Crippen molar-refractivity contribution in [1.82, 2.24) is 4.98 Å². The zero-order chi connectivity index (χ0) is 12.0. The maximum Gasteiger partial charge on any atom is 0.296 e. The molecule has 17 heavy (non-hydrogen) atoms. The molecule has 0 bridgehead atoms. The third-order valence-electron chi connectivity index (χ3n) is 3.11. The van der Waals surface area contributed by atoms with E-state index in [0.29, 0.717) is 19.2 Å². The first-order valence-corrected chi connectivity index (χ1v) is 5.59. The van der Waals surface area contributed by atoms with Gasteiger partial charge in [-0.15, -0.1) is 0 Å². The van der Waals surface area contributed by atoms with Crippen LogP contribution in [-0.4, -0.2) is 23.7 Å². The highest BCUT2D eigenvalue weighted by Gasteiger charge is 2.34. The maximum absolute atomic E-state index is 5.84. The highest BCUT2D eigenvalue weighted by molar-refractivity contribution is 5.83. The quantitative estimate of drug-likeness (QED) is 0.775. The van der Waals surface area contributed by atoms with Crippen LogP contribution in [0.1, 0.15) is 12.5 Å². The van der Waals surface area contributed by atoms with Crippen LogP contribution in [0.4, 0.5) is 11.7 Å². The Morgan fingerprint density at radius 2 is 2.18 bits per heavy atom. The van der Waals surface area contributed by atoms with Crippen LogP contribution in [0.2, 0.25) is 0 Å². The molecule has 1 aromatic heterocycles. The number of aryl methyl sites for hydroxylation is 1. The van der Waals surface area contributed by atoms with Crippen LogP contribution >= 0.6 is 0 Å². The Bertz CT molecular complexity index is 572. The fourth-order valence-corrected chi connectivity index (χ4v) is 1.93. The van der Waals surface area contributed by atoms with Gasteiger partial charge in [-0.05, 0) is 26.0 Å². The van der Waals surface area contributed by atoms with E-state index in [9.17, 15) is 0 Å². The lowest BCUT2D eigenvalue weighted by Gasteiger charge is -2.37. The molecule has 1 aliphatic heterocycles. The predicted molar refractivity (Wildman–Crippen MR) is 66.0 cm³/mol. The number of ether oxygens (including phenoxy) is 1. The molecule has 0 amide bonds. The largest absolute Gasteiger partial charge is 0.424 e. The van der Waals surface area contributed by atoms with Gasteiger partial charge >= 0.3 is 0 Å². The SMILES string of the molecule is Cc1c(N)ccc2oc(NC3(C)COC3)nc12. The van der Waals surface area contributed by atoms with Crippen molar-refractivity contribution >= 4 is 22.8 Å². The van der Waals surface area contributed by atoms with Crippen molar-refractivity contribution in [2.75, 3.05) is 24.3 Å². The van der Waals surface area contributed by atoms with Gasteiger partial charge in [0.1, 0.15) is 5.52 Å². The fourth-order valence-electron chi connectivity index (χ4n) is 1.93. The first-order chi connectivity index (χ1) is 8.07. The maximum atomic E-state index is 5.84. The Hall–Kier alpha value is -1.75. The van der Waals surface area contributed by atoms with E-state index >= 15 is 0 Å². The minimum atomic E-state index is -0.0691. The van der Waals surface area contributed by atoms with Crippen molar-refractivity contribution in [2.45, 2.75) is 19.4 Å². The van der Waals surface area contributed by atoms with E-state index in [1.807, 2.05) is 19.1 Å². The number of fused-ring (bicyclic) bond motifs is 1. The standard InChI is InChI=1S/C12H15N3O2/c1-7-8(13)3-4-9-10(7)14-11(17-9)15-12(2)5-16-6-12/h3-4H,5-6,13H2,1-2H3,(H,14,15). The number of benzene rings is 1. The smallest absolute Gasteiger partial charge is 0.296 e. The molecular formula is C12H15N3O2. The highest BCUT2D eigenvalue weighted by Crippen LogP contribution is 2.28. The second-order valence-corrected chi connectivity index (χ2v) is 4.82. The number of hydrogen-bond acceptors (Lipinski definition) is 5. The molecule has 0 saturated carbocycles. The number of anilines is 2. The van der Waals surface area contributed by atoms with Crippen molar-refractivity contribution in [3.63, 3.8) is 0 Å². The lowest BCUT2D eigenvalue weighted by Crippen LogP contribution is -2.53. The number of nitrogens with zero attached hydrogens (tertiary/aromatic N) is 1. The van der Waals surface area contributed by atoms with E-state index in [0.717, 1.165) is 22.4 Å². The lowest BCUT2D eigenvalue weighted by molar-refractivity contribution is -0.0328. The van der Waals surface area contributed by atoms with Gasteiger partial charge in [0.25, 0.3) is 6.01 Å². The zero-order valence-corrected chi connectivity index (χ0v) is 9.91.